The Balaban J connectivity index is 2.68. The van der Waals surface area contributed by atoms with Crippen molar-refractivity contribution in [2.45, 2.75) is 13.3 Å². The summed E-state index contributed by atoms with van der Waals surface area (Å²) in [6.45, 7) is 1.97. The van der Waals surface area contributed by atoms with Crippen LogP contribution in [0.15, 0.2) is 9.80 Å². The Morgan fingerprint density at radius 1 is 1.75 bits per heavy atom. The van der Waals surface area contributed by atoms with Crippen molar-refractivity contribution in [2.75, 3.05) is 0 Å². The lowest BCUT2D eigenvalue weighted by molar-refractivity contribution is 0.112. The highest BCUT2D eigenvalue weighted by Gasteiger charge is 2.09. The van der Waals surface area contributed by atoms with E-state index < -0.39 is 0 Å². The van der Waals surface area contributed by atoms with Gasteiger partial charge in [-0.2, -0.15) is 0 Å². The van der Waals surface area contributed by atoms with Crippen molar-refractivity contribution in [3.05, 3.63) is 16.1 Å². The minimum absolute atomic E-state index is 0.647. The van der Waals surface area contributed by atoms with Gasteiger partial charge in [-0.15, -0.1) is 11.3 Å². The molecule has 0 fully saturated rings. The molecule has 0 aliphatic rings. The van der Waals surface area contributed by atoms with E-state index in [0.29, 0.717) is 16.3 Å². The van der Waals surface area contributed by atoms with Crippen LogP contribution in [0.25, 0.3) is 11.1 Å². The average molecular weight is 181 g/mol. The number of nitrogens with zero attached hydrogens (tertiary/aromatic N) is 1. The van der Waals surface area contributed by atoms with Crippen molar-refractivity contribution >= 4 is 28.7 Å². The third-order valence-corrected chi connectivity index (χ3v) is 2.51. The largest absolute Gasteiger partial charge is 0.440 e. The van der Waals surface area contributed by atoms with Crippen LogP contribution in [0.2, 0.25) is 0 Å². The minimum atomic E-state index is 0.647. The van der Waals surface area contributed by atoms with Crippen LogP contribution in [0.1, 0.15) is 22.5 Å². The minimum Gasteiger partial charge on any atom is -0.440 e. The Morgan fingerprint density at radius 2 is 2.58 bits per heavy atom. The standard InChI is InChI=1S/C8H7NO2S/c1-2-7-9-8-5(11-7)4-12-6(8)3-10/h3-4H,2H2,1H3. The van der Waals surface area contributed by atoms with Crippen LogP contribution in [0.3, 0.4) is 0 Å². The van der Waals surface area contributed by atoms with Gasteiger partial charge in [0, 0.05) is 11.8 Å². The molecule has 0 amide bonds. The monoisotopic (exact) mass is 181 g/mol. The predicted octanol–water partition coefficient (Wildman–Crippen LogP) is 2.26. The molecule has 0 saturated carbocycles. The number of aromatic nitrogens is 1. The summed E-state index contributed by atoms with van der Waals surface area (Å²) in [5, 5.41) is 1.81. The van der Waals surface area contributed by atoms with Gasteiger partial charge in [0.15, 0.2) is 17.8 Å². The number of oxazole rings is 1. The molecule has 0 saturated heterocycles. The van der Waals surface area contributed by atoms with Crippen molar-refractivity contribution in [3.8, 4) is 0 Å². The maximum atomic E-state index is 10.5. The van der Waals surface area contributed by atoms with E-state index in [1.807, 2.05) is 12.3 Å². The second kappa shape index (κ2) is 2.71. The van der Waals surface area contributed by atoms with E-state index in [-0.39, 0.29) is 0 Å². The number of carbonyl (C=O) groups is 1. The Morgan fingerprint density at radius 3 is 3.25 bits per heavy atom. The molecule has 0 bridgehead atoms. The number of rotatable bonds is 2. The van der Waals surface area contributed by atoms with Crippen LogP contribution in [-0.4, -0.2) is 11.3 Å². The summed E-state index contributed by atoms with van der Waals surface area (Å²) in [5.74, 6) is 0.691. The van der Waals surface area contributed by atoms with Crippen LogP contribution < -0.4 is 0 Å². The first-order valence-corrected chi connectivity index (χ1v) is 4.55. The molecule has 62 valence electrons. The van der Waals surface area contributed by atoms with Crippen LogP contribution in [0.4, 0.5) is 0 Å². The maximum absolute atomic E-state index is 10.5. The number of fused-ring (bicyclic) bond motifs is 1. The van der Waals surface area contributed by atoms with Crippen molar-refractivity contribution in [1.29, 1.82) is 0 Å². The summed E-state index contributed by atoms with van der Waals surface area (Å²) in [6, 6.07) is 0. The molecular formula is C8H7NO2S. The normalized spacial score (nSPS) is 10.8. The van der Waals surface area contributed by atoms with E-state index >= 15 is 0 Å². The number of aryl methyl sites for hydroxylation is 1. The Hall–Kier alpha value is -1.16. The summed E-state index contributed by atoms with van der Waals surface area (Å²) >= 11 is 1.36. The van der Waals surface area contributed by atoms with E-state index in [0.717, 1.165) is 18.3 Å². The Labute approximate surface area is 73.0 Å². The molecule has 0 radical (unpaired) electrons. The lowest BCUT2D eigenvalue weighted by Gasteiger charge is -1.80. The third kappa shape index (κ3) is 0.956. The number of aldehydes is 1. The molecule has 0 spiro atoms. The van der Waals surface area contributed by atoms with Gasteiger partial charge in [0.2, 0.25) is 0 Å². The number of hydrogen-bond donors (Lipinski definition) is 0. The number of thiophene rings is 1. The van der Waals surface area contributed by atoms with E-state index in [2.05, 4.69) is 4.98 Å². The van der Waals surface area contributed by atoms with Crippen molar-refractivity contribution in [1.82, 2.24) is 4.98 Å². The molecule has 0 aliphatic heterocycles. The fraction of sp³-hybridized carbons (Fsp3) is 0.250. The Bertz CT molecular complexity index is 416. The highest BCUT2D eigenvalue weighted by atomic mass is 32.1. The maximum Gasteiger partial charge on any atom is 0.195 e. The Kier molecular flexibility index (Phi) is 1.69. The third-order valence-electron chi connectivity index (χ3n) is 1.63. The van der Waals surface area contributed by atoms with Gasteiger partial charge in [0.05, 0.1) is 4.88 Å². The lowest BCUT2D eigenvalue weighted by Crippen LogP contribution is -1.78. The van der Waals surface area contributed by atoms with Gasteiger partial charge in [0.1, 0.15) is 5.52 Å². The van der Waals surface area contributed by atoms with Gasteiger partial charge in [0.25, 0.3) is 0 Å². The van der Waals surface area contributed by atoms with E-state index in [1.165, 1.54) is 11.3 Å². The van der Waals surface area contributed by atoms with Gasteiger partial charge in [-0.25, -0.2) is 4.98 Å². The first-order chi connectivity index (χ1) is 5.85. The molecule has 2 heterocycles. The van der Waals surface area contributed by atoms with Gasteiger partial charge in [-0.3, -0.25) is 4.79 Å². The molecule has 2 aromatic rings. The topological polar surface area (TPSA) is 43.1 Å². The highest BCUT2D eigenvalue weighted by Crippen LogP contribution is 2.24. The van der Waals surface area contributed by atoms with Crippen molar-refractivity contribution in [2.24, 2.45) is 0 Å². The SMILES string of the molecule is CCc1nc2c(C=O)scc2o1. The lowest BCUT2D eigenvalue weighted by atomic mass is 10.4. The van der Waals surface area contributed by atoms with Gasteiger partial charge in [-0.05, 0) is 0 Å². The second-order valence-electron chi connectivity index (χ2n) is 2.39. The molecular weight excluding hydrogens is 174 g/mol. The summed E-state index contributed by atoms with van der Waals surface area (Å²) in [6.07, 6.45) is 1.58. The number of carbonyl (C=O) groups excluding carboxylic acids is 1. The predicted molar refractivity (Wildman–Crippen MR) is 46.7 cm³/mol. The van der Waals surface area contributed by atoms with E-state index in [1.54, 1.807) is 0 Å². The fourth-order valence-corrected chi connectivity index (χ4v) is 1.75. The van der Waals surface area contributed by atoms with Crippen LogP contribution >= 0.6 is 11.3 Å². The van der Waals surface area contributed by atoms with E-state index in [4.69, 9.17) is 4.42 Å². The molecule has 12 heavy (non-hydrogen) atoms. The van der Waals surface area contributed by atoms with Crippen molar-refractivity contribution in [3.63, 3.8) is 0 Å². The number of hydrogen-bond acceptors (Lipinski definition) is 4. The average Bonchev–Trinajstić information content (AvgIpc) is 2.61. The molecule has 2 aromatic heterocycles. The van der Waals surface area contributed by atoms with Gasteiger partial charge < -0.3 is 4.42 Å². The quantitative estimate of drug-likeness (QED) is 0.667. The molecule has 0 atom stereocenters. The molecule has 3 nitrogen and oxygen atoms in total. The van der Waals surface area contributed by atoms with Crippen LogP contribution in [0, 0.1) is 0 Å². The fourth-order valence-electron chi connectivity index (χ4n) is 1.04. The molecule has 0 aliphatic carbocycles. The second-order valence-corrected chi connectivity index (χ2v) is 3.30. The van der Waals surface area contributed by atoms with Crippen LogP contribution in [0.5, 0.6) is 0 Å². The molecule has 2 rings (SSSR count). The zero-order valence-electron chi connectivity index (χ0n) is 6.53. The molecule has 4 heteroatoms. The zero-order valence-corrected chi connectivity index (χ0v) is 7.35. The smallest absolute Gasteiger partial charge is 0.195 e. The molecule has 0 unspecified atom stereocenters. The zero-order chi connectivity index (χ0) is 8.55. The van der Waals surface area contributed by atoms with Crippen LogP contribution in [-0.2, 0) is 6.42 Å². The van der Waals surface area contributed by atoms with Crippen molar-refractivity contribution < 1.29 is 9.21 Å². The first kappa shape index (κ1) is 7.49. The summed E-state index contributed by atoms with van der Waals surface area (Å²) in [7, 11) is 0. The highest BCUT2D eigenvalue weighted by molar-refractivity contribution is 7.13. The van der Waals surface area contributed by atoms with E-state index in [9.17, 15) is 4.79 Å². The molecule has 0 N–H and O–H groups in total. The van der Waals surface area contributed by atoms with Gasteiger partial charge >= 0.3 is 0 Å². The van der Waals surface area contributed by atoms with Gasteiger partial charge in [-0.1, -0.05) is 6.92 Å². The summed E-state index contributed by atoms with van der Waals surface area (Å²) in [4.78, 5) is 15.3. The first-order valence-electron chi connectivity index (χ1n) is 3.67. The summed E-state index contributed by atoms with van der Waals surface area (Å²) < 4.78 is 5.34. The molecule has 0 aromatic carbocycles. The summed E-state index contributed by atoms with van der Waals surface area (Å²) in [5.41, 5.74) is 1.42.